The Bertz CT molecular complexity index is 923. The molecule has 2 nitrogen and oxygen atoms in total. The van der Waals surface area contributed by atoms with Crippen LogP contribution in [0.25, 0.3) is 6.08 Å². The third-order valence-electron chi connectivity index (χ3n) is 5.63. The van der Waals surface area contributed by atoms with E-state index in [9.17, 15) is 0 Å². The van der Waals surface area contributed by atoms with Crippen molar-refractivity contribution in [3.63, 3.8) is 0 Å². The predicted molar refractivity (Wildman–Crippen MR) is 116 cm³/mol. The van der Waals surface area contributed by atoms with Crippen LogP contribution in [0.5, 0.6) is 0 Å². The van der Waals surface area contributed by atoms with Gasteiger partial charge in [-0.3, -0.25) is 0 Å². The Kier molecular flexibility index (Phi) is 5.46. The van der Waals surface area contributed by atoms with E-state index >= 15 is 0 Å². The van der Waals surface area contributed by atoms with Crippen molar-refractivity contribution >= 4 is 18.0 Å². The molecule has 2 heterocycles. The lowest BCUT2D eigenvalue weighted by atomic mass is 9.94. The number of fused-ring (bicyclic) bond motifs is 1. The van der Waals surface area contributed by atoms with Gasteiger partial charge in [0.05, 0.1) is 5.57 Å². The van der Waals surface area contributed by atoms with E-state index in [1.54, 1.807) is 0 Å². The Morgan fingerprint density at radius 2 is 1.70 bits per heavy atom. The summed E-state index contributed by atoms with van der Waals surface area (Å²) in [6.45, 7) is 2.08. The van der Waals surface area contributed by atoms with Crippen LogP contribution in [-0.2, 0) is 0 Å². The molecule has 2 aliphatic carbocycles. The van der Waals surface area contributed by atoms with Crippen molar-refractivity contribution in [2.45, 2.75) is 51.4 Å². The summed E-state index contributed by atoms with van der Waals surface area (Å²) in [6.07, 6.45) is 26.7. The third-order valence-corrected chi connectivity index (χ3v) is 5.63. The molecule has 0 bridgehead atoms. The molecule has 0 unspecified atom stereocenters. The highest BCUT2D eigenvalue weighted by atomic mass is 14.8. The first kappa shape index (κ1) is 17.7. The molecule has 0 spiro atoms. The van der Waals surface area contributed by atoms with Crippen LogP contribution >= 0.6 is 0 Å². The van der Waals surface area contributed by atoms with Crippen LogP contribution in [0, 0.1) is 0 Å². The number of rotatable bonds is 2. The Labute approximate surface area is 162 Å². The quantitative estimate of drug-likeness (QED) is 0.510. The largest absolute Gasteiger partial charge is 0.318 e. The van der Waals surface area contributed by atoms with Gasteiger partial charge in [0.25, 0.3) is 0 Å². The fraction of sp³-hybridized carbons (Fsp3) is 0.320. The number of hydrogen-bond donors (Lipinski definition) is 0. The lowest BCUT2D eigenvalue weighted by molar-refractivity contribution is 0.577. The van der Waals surface area contributed by atoms with Crippen molar-refractivity contribution in [3.05, 3.63) is 82.8 Å². The highest BCUT2D eigenvalue weighted by Gasteiger charge is 2.21. The fourth-order valence-corrected chi connectivity index (χ4v) is 4.06. The maximum atomic E-state index is 5.02. The Morgan fingerprint density at radius 3 is 2.56 bits per heavy atom. The zero-order valence-electron chi connectivity index (χ0n) is 16.1. The lowest BCUT2D eigenvalue weighted by Crippen LogP contribution is -2.04. The lowest BCUT2D eigenvalue weighted by Gasteiger charge is -2.14. The first-order valence-electron chi connectivity index (χ1n) is 10.1. The van der Waals surface area contributed by atoms with Crippen molar-refractivity contribution in [3.8, 4) is 0 Å². The second kappa shape index (κ2) is 8.33. The highest BCUT2D eigenvalue weighted by Crippen LogP contribution is 2.31. The number of pyridine rings is 1. The average molecular weight is 356 g/mol. The van der Waals surface area contributed by atoms with Crippen LogP contribution in [0.4, 0.5) is 0 Å². The smallest absolute Gasteiger partial charge is 0.245 e. The molecule has 1 aliphatic heterocycles. The van der Waals surface area contributed by atoms with E-state index in [0.717, 1.165) is 22.5 Å². The summed E-state index contributed by atoms with van der Waals surface area (Å²) in [4.78, 5) is 5.02. The molecule has 0 atom stereocenters. The van der Waals surface area contributed by atoms with Gasteiger partial charge in [0.1, 0.15) is 0 Å². The molecule has 3 aliphatic rings. The number of nitrogens with zero attached hydrogens (tertiary/aromatic N) is 2. The van der Waals surface area contributed by atoms with E-state index in [0.29, 0.717) is 5.92 Å². The molecule has 0 amide bonds. The summed E-state index contributed by atoms with van der Waals surface area (Å²) >= 11 is 0. The molecule has 27 heavy (non-hydrogen) atoms. The van der Waals surface area contributed by atoms with Crippen molar-refractivity contribution in [2.75, 3.05) is 0 Å². The molecular weight excluding hydrogens is 328 g/mol. The standard InChI is InChI=1S/C25H27N2/c1-19-23(20-11-7-3-2-4-8-12-20)17-22-15-16-24(27-25(22)18-26-19)21-13-9-5-6-10-14-21/h2-4,7-8,11-12,15-18,21H,5-6,9-10,13-14H2,1H3/q+1/b3-2-,4-2?,7-3?,8-4-,11-7-,12-8?,20-11?,20-12+. The molecule has 4 rings (SSSR count). The van der Waals surface area contributed by atoms with Gasteiger partial charge in [-0.25, -0.2) is 4.98 Å². The molecule has 0 N–H and O–H groups in total. The van der Waals surface area contributed by atoms with E-state index in [-0.39, 0.29) is 0 Å². The minimum Gasteiger partial charge on any atom is -0.245 e. The summed E-state index contributed by atoms with van der Waals surface area (Å²) in [5.41, 5.74) is 6.75. The fourth-order valence-electron chi connectivity index (χ4n) is 4.06. The molecule has 0 saturated heterocycles. The van der Waals surface area contributed by atoms with Crippen molar-refractivity contribution in [2.24, 2.45) is 0 Å². The molecule has 1 aromatic rings. The zero-order chi connectivity index (χ0) is 18.5. The zero-order valence-corrected chi connectivity index (χ0v) is 16.1. The first-order chi connectivity index (χ1) is 13.3. The highest BCUT2D eigenvalue weighted by molar-refractivity contribution is 6.09. The summed E-state index contributed by atoms with van der Waals surface area (Å²) in [6, 6.07) is 4.47. The van der Waals surface area contributed by atoms with Gasteiger partial charge >= 0.3 is 11.9 Å². The minimum atomic E-state index is 0.608. The normalized spacial score (nSPS) is 25.4. The van der Waals surface area contributed by atoms with Gasteiger partial charge in [-0.2, -0.15) is 0 Å². The maximum Gasteiger partial charge on any atom is 0.318 e. The van der Waals surface area contributed by atoms with E-state index in [4.69, 9.17) is 9.65 Å². The summed E-state index contributed by atoms with van der Waals surface area (Å²) in [7, 11) is 0. The molecular formula is C25H27N2+. The number of aromatic nitrogens is 1. The van der Waals surface area contributed by atoms with Gasteiger partial charge in [0.15, 0.2) is 5.69 Å². The van der Waals surface area contributed by atoms with Gasteiger partial charge in [-0.1, -0.05) is 78.9 Å². The Hall–Kier alpha value is -2.70. The molecule has 136 valence electrons. The molecule has 2 heteroatoms. The average Bonchev–Trinajstić information content (AvgIpc) is 3.01. The van der Waals surface area contributed by atoms with E-state index in [1.807, 2.05) is 24.4 Å². The van der Waals surface area contributed by atoms with Crippen molar-refractivity contribution in [1.82, 2.24) is 9.65 Å². The van der Waals surface area contributed by atoms with Gasteiger partial charge in [-0.15, -0.1) is 0 Å². The topological polar surface area (TPSA) is 27.0 Å². The van der Waals surface area contributed by atoms with Crippen LogP contribution in [-0.4, -0.2) is 16.9 Å². The van der Waals surface area contributed by atoms with Crippen molar-refractivity contribution in [1.29, 1.82) is 0 Å². The second-order valence-electron chi connectivity index (χ2n) is 7.55. The van der Waals surface area contributed by atoms with Crippen LogP contribution in [0.15, 0.2) is 65.8 Å². The van der Waals surface area contributed by atoms with Crippen molar-refractivity contribution < 1.29 is 0 Å². The number of hydrogen-bond acceptors (Lipinski definition) is 1. The second-order valence-corrected chi connectivity index (χ2v) is 7.55. The Morgan fingerprint density at radius 1 is 0.926 bits per heavy atom. The summed E-state index contributed by atoms with van der Waals surface area (Å²) in [5.74, 6) is 0.608. The van der Waals surface area contributed by atoms with Gasteiger partial charge in [0.2, 0.25) is 0 Å². The van der Waals surface area contributed by atoms with Gasteiger partial charge < -0.3 is 0 Å². The van der Waals surface area contributed by atoms with Crippen LogP contribution in [0.3, 0.4) is 0 Å². The summed E-state index contributed by atoms with van der Waals surface area (Å²) in [5, 5.41) is 0. The minimum absolute atomic E-state index is 0.608. The monoisotopic (exact) mass is 355 g/mol. The van der Waals surface area contributed by atoms with Gasteiger partial charge in [0, 0.05) is 24.1 Å². The SMILES string of the molecule is CC1=[N+]=Cc2nc(C3CCCCCC3)ccc2C=C1C1=C/C=C\C=C/C=C\1. The molecule has 1 saturated carbocycles. The molecule has 1 aromatic heterocycles. The summed E-state index contributed by atoms with van der Waals surface area (Å²) < 4.78 is 4.72. The number of allylic oxidation sites excluding steroid dienone is 9. The maximum absolute atomic E-state index is 5.02. The third kappa shape index (κ3) is 4.18. The first-order valence-corrected chi connectivity index (χ1v) is 10.1. The predicted octanol–water partition coefficient (Wildman–Crippen LogP) is 5.47. The van der Waals surface area contributed by atoms with Crippen LogP contribution in [0.1, 0.15) is 68.3 Å². The van der Waals surface area contributed by atoms with E-state index < -0.39 is 0 Å². The Balaban J connectivity index is 1.70. The van der Waals surface area contributed by atoms with Crippen LogP contribution in [0.2, 0.25) is 0 Å². The van der Waals surface area contributed by atoms with E-state index in [1.165, 1.54) is 49.8 Å². The van der Waals surface area contributed by atoms with Crippen LogP contribution < -0.4 is 4.67 Å². The van der Waals surface area contributed by atoms with E-state index in [2.05, 4.69) is 49.4 Å². The van der Waals surface area contributed by atoms with Gasteiger partial charge in [-0.05, 0) is 30.6 Å². The molecule has 0 radical (unpaired) electrons. The molecule has 0 aromatic carbocycles. The molecule has 1 fully saturated rings.